The normalized spacial score (nSPS) is 16.9. The monoisotopic (exact) mass is 738 g/mol. The lowest BCUT2D eigenvalue weighted by Gasteiger charge is -2.18. The Kier molecular flexibility index (Phi) is 30.0. The third-order valence-corrected chi connectivity index (χ3v) is 9.23. The summed E-state index contributed by atoms with van der Waals surface area (Å²) in [6, 6.07) is 0. The zero-order chi connectivity index (χ0) is 37.3. The van der Waals surface area contributed by atoms with Crippen molar-refractivity contribution in [3.05, 3.63) is 48.6 Å². The molecule has 0 aliphatic carbocycles. The summed E-state index contributed by atoms with van der Waals surface area (Å²) in [5.41, 5.74) is 0. The molecule has 0 radical (unpaired) electrons. The first-order valence-electron chi connectivity index (χ1n) is 20.1. The minimum absolute atomic E-state index is 0.137. The van der Waals surface area contributed by atoms with Crippen molar-refractivity contribution in [1.29, 1.82) is 0 Å². The van der Waals surface area contributed by atoms with E-state index < -0.39 is 32.5 Å². The Balaban J connectivity index is 2.14. The summed E-state index contributed by atoms with van der Waals surface area (Å²) in [4.78, 5) is 42.9. The van der Waals surface area contributed by atoms with Gasteiger partial charge < -0.3 is 24.0 Å². The summed E-state index contributed by atoms with van der Waals surface area (Å²) in [7, 11) is -4.77. The smallest absolute Gasteiger partial charge is 0.462 e. The Morgan fingerprint density at radius 2 is 1.14 bits per heavy atom. The lowest BCUT2D eigenvalue weighted by molar-refractivity contribution is -0.161. The van der Waals surface area contributed by atoms with Gasteiger partial charge in [-0.15, -0.1) is 0 Å². The maximum Gasteiger partial charge on any atom is 0.469 e. The molecule has 10 heteroatoms. The number of allylic oxidation sites excluding steroid dienone is 7. The van der Waals surface area contributed by atoms with Gasteiger partial charge in [0.1, 0.15) is 6.61 Å². The highest BCUT2D eigenvalue weighted by atomic mass is 31.2. The number of carbonyl (C=O) groups excluding carboxylic acids is 2. The van der Waals surface area contributed by atoms with Gasteiger partial charge in [0.2, 0.25) is 0 Å². The Hall–Kier alpha value is -2.03. The summed E-state index contributed by atoms with van der Waals surface area (Å²) >= 11 is 0. The average Bonchev–Trinajstić information content (AvgIpc) is 3.85. The Bertz CT molecular complexity index is 1030. The van der Waals surface area contributed by atoms with Crippen LogP contribution < -0.4 is 0 Å². The molecule has 0 bridgehead atoms. The van der Waals surface area contributed by atoms with Crippen molar-refractivity contribution in [1.82, 2.24) is 0 Å². The van der Waals surface area contributed by atoms with Crippen LogP contribution in [0.3, 0.4) is 0 Å². The molecule has 1 fully saturated rings. The molecule has 0 aromatic carbocycles. The number of esters is 2. The number of phosphoric acid groups is 1. The lowest BCUT2D eigenvalue weighted by atomic mass is 10.1. The predicted molar refractivity (Wildman–Crippen MR) is 206 cm³/mol. The van der Waals surface area contributed by atoms with Gasteiger partial charge in [0.05, 0.1) is 18.8 Å². The first kappa shape index (κ1) is 47.0. The van der Waals surface area contributed by atoms with Crippen LogP contribution >= 0.6 is 7.82 Å². The topological polar surface area (TPSA) is 132 Å². The number of rotatable bonds is 35. The first-order chi connectivity index (χ1) is 24.7. The van der Waals surface area contributed by atoms with E-state index in [-0.39, 0.29) is 31.7 Å². The number of epoxide rings is 1. The minimum Gasteiger partial charge on any atom is -0.462 e. The van der Waals surface area contributed by atoms with Crippen LogP contribution in [-0.4, -0.2) is 53.3 Å². The summed E-state index contributed by atoms with van der Waals surface area (Å²) in [6.07, 6.45) is 41.3. The highest BCUT2D eigenvalue weighted by Crippen LogP contribution is 2.36. The summed E-state index contributed by atoms with van der Waals surface area (Å²) in [5, 5.41) is 0. The third-order valence-electron chi connectivity index (χ3n) is 8.74. The fourth-order valence-corrected chi connectivity index (χ4v) is 5.99. The largest absolute Gasteiger partial charge is 0.469 e. The van der Waals surface area contributed by atoms with Gasteiger partial charge in [-0.25, -0.2) is 4.57 Å². The van der Waals surface area contributed by atoms with Gasteiger partial charge in [0, 0.05) is 12.8 Å². The molecular formula is C41H71O9P. The van der Waals surface area contributed by atoms with Gasteiger partial charge in [-0.2, -0.15) is 0 Å². The number of unbranched alkanes of at least 4 members (excludes halogenated alkanes) is 14. The summed E-state index contributed by atoms with van der Waals surface area (Å²) < 4.78 is 32.1. The van der Waals surface area contributed by atoms with E-state index in [0.29, 0.717) is 12.8 Å². The zero-order valence-corrected chi connectivity index (χ0v) is 32.8. The van der Waals surface area contributed by atoms with E-state index >= 15 is 0 Å². The number of carbonyl (C=O) groups is 2. The molecule has 1 rings (SSSR count). The highest BCUT2D eigenvalue weighted by molar-refractivity contribution is 7.46. The van der Waals surface area contributed by atoms with Crippen molar-refractivity contribution in [2.24, 2.45) is 0 Å². The molecule has 51 heavy (non-hydrogen) atoms. The summed E-state index contributed by atoms with van der Waals surface area (Å²) in [6.45, 7) is 3.57. The molecule has 0 aromatic heterocycles. The number of phosphoric ester groups is 1. The summed E-state index contributed by atoms with van der Waals surface area (Å²) in [5.74, 6) is -0.968. The molecule has 1 aliphatic heterocycles. The third kappa shape index (κ3) is 32.4. The van der Waals surface area contributed by atoms with Crippen LogP contribution in [0.1, 0.15) is 168 Å². The first-order valence-corrected chi connectivity index (χ1v) is 21.6. The average molecular weight is 739 g/mol. The van der Waals surface area contributed by atoms with Crippen molar-refractivity contribution < 1.29 is 42.7 Å². The molecule has 0 saturated carbocycles. The molecule has 2 unspecified atom stereocenters. The van der Waals surface area contributed by atoms with E-state index in [9.17, 15) is 14.2 Å². The van der Waals surface area contributed by atoms with E-state index in [4.69, 9.17) is 24.0 Å². The second-order valence-electron chi connectivity index (χ2n) is 13.6. The number of hydrogen-bond acceptors (Lipinski definition) is 7. The van der Waals surface area contributed by atoms with Crippen LogP contribution in [0.15, 0.2) is 48.6 Å². The molecule has 3 atom stereocenters. The van der Waals surface area contributed by atoms with Crippen molar-refractivity contribution >= 4 is 19.8 Å². The van der Waals surface area contributed by atoms with Gasteiger partial charge in [-0.05, 0) is 77.0 Å². The molecule has 294 valence electrons. The Labute approximate surface area is 309 Å². The second kappa shape index (κ2) is 32.6. The van der Waals surface area contributed by atoms with E-state index in [1.807, 2.05) is 0 Å². The van der Waals surface area contributed by atoms with Gasteiger partial charge in [-0.3, -0.25) is 14.1 Å². The molecule has 1 saturated heterocycles. The van der Waals surface area contributed by atoms with Crippen molar-refractivity contribution in [2.45, 2.75) is 186 Å². The van der Waals surface area contributed by atoms with E-state index in [1.54, 1.807) is 0 Å². The minimum atomic E-state index is -4.77. The van der Waals surface area contributed by atoms with Crippen molar-refractivity contribution in [3.63, 3.8) is 0 Å². The molecule has 9 nitrogen and oxygen atoms in total. The fourth-order valence-electron chi connectivity index (χ4n) is 5.63. The number of hydrogen-bond donors (Lipinski definition) is 2. The van der Waals surface area contributed by atoms with Crippen molar-refractivity contribution in [3.8, 4) is 0 Å². The molecule has 0 amide bonds. The van der Waals surface area contributed by atoms with Crippen LogP contribution in [0.4, 0.5) is 0 Å². The van der Waals surface area contributed by atoms with E-state index in [0.717, 1.165) is 51.4 Å². The Morgan fingerprint density at radius 3 is 1.78 bits per heavy atom. The van der Waals surface area contributed by atoms with Crippen LogP contribution in [0.5, 0.6) is 0 Å². The molecule has 1 aliphatic rings. The molecule has 2 N–H and O–H groups in total. The van der Waals surface area contributed by atoms with Crippen LogP contribution in [0.25, 0.3) is 0 Å². The predicted octanol–water partition coefficient (Wildman–Crippen LogP) is 10.9. The maximum absolute atomic E-state index is 12.4. The second-order valence-corrected chi connectivity index (χ2v) is 14.9. The lowest BCUT2D eigenvalue weighted by Crippen LogP contribution is -2.29. The standard InChI is InChI=1S/C41H71O9P/c1-3-5-7-9-11-13-15-17-18-19-21-23-25-27-29-33-41(43)49-37(36-48-51(44,45)46)35-47-40(42)34-30-32-39-38(50-39)31-28-26-24-22-20-16-14-12-10-8-6-4-2/h12-15,20,22,26,28,37-39H,3-11,16-19,21,23-25,27,29-36H2,1-2H3,(H2,44,45,46)/b14-12-,15-13-,22-20-,28-26-/t37-,38?,39?/m1/s1. The zero-order valence-electron chi connectivity index (χ0n) is 31.9. The van der Waals surface area contributed by atoms with Crippen LogP contribution in [-0.2, 0) is 32.9 Å². The molecule has 1 heterocycles. The van der Waals surface area contributed by atoms with Gasteiger partial charge in [0.25, 0.3) is 0 Å². The maximum atomic E-state index is 12.4. The van der Waals surface area contributed by atoms with E-state index in [1.165, 1.54) is 77.0 Å². The molecule has 0 aromatic rings. The van der Waals surface area contributed by atoms with Gasteiger partial charge in [0.15, 0.2) is 6.10 Å². The van der Waals surface area contributed by atoms with Crippen LogP contribution in [0, 0.1) is 0 Å². The van der Waals surface area contributed by atoms with Gasteiger partial charge in [-0.1, -0.05) is 127 Å². The molecular weight excluding hydrogens is 667 g/mol. The Morgan fingerprint density at radius 1 is 0.627 bits per heavy atom. The SMILES string of the molecule is CCCCC/C=C\C/C=C\C/C=C\CC1OC1CCCC(=O)OC[C@H](COP(=O)(O)O)OC(=O)CCCCCCCCC/C=C\CCCCCC. The highest BCUT2D eigenvalue weighted by Gasteiger charge is 2.36. The molecule has 0 spiro atoms. The van der Waals surface area contributed by atoms with Crippen LogP contribution in [0.2, 0.25) is 0 Å². The fraction of sp³-hybridized carbons (Fsp3) is 0.756. The quantitative estimate of drug-likeness (QED) is 0.0214. The van der Waals surface area contributed by atoms with Crippen molar-refractivity contribution in [2.75, 3.05) is 13.2 Å². The van der Waals surface area contributed by atoms with Gasteiger partial charge >= 0.3 is 19.8 Å². The van der Waals surface area contributed by atoms with E-state index in [2.05, 4.69) is 67.0 Å². The number of ether oxygens (including phenoxy) is 3.